The normalized spacial score (nSPS) is 15.1. The minimum absolute atomic E-state index is 0.0268. The van der Waals surface area contributed by atoms with E-state index in [9.17, 15) is 24.2 Å². The highest BCUT2D eigenvalue weighted by Crippen LogP contribution is 2.43. The van der Waals surface area contributed by atoms with E-state index in [1.54, 1.807) is 6.08 Å². The average molecular weight is 828 g/mol. The maximum absolute atomic E-state index is 12.6. The molecule has 0 fully saturated rings. The van der Waals surface area contributed by atoms with E-state index in [1.807, 2.05) is 37.3 Å². The van der Waals surface area contributed by atoms with Crippen molar-refractivity contribution < 1.29 is 42.7 Å². The van der Waals surface area contributed by atoms with Crippen LogP contribution in [0.2, 0.25) is 0 Å². The highest BCUT2D eigenvalue weighted by atomic mass is 31.2. The Morgan fingerprint density at radius 2 is 1.10 bits per heavy atom. The summed E-state index contributed by atoms with van der Waals surface area (Å²) in [5.74, 6) is -0.970. The third-order valence-corrected chi connectivity index (χ3v) is 8.98. The lowest BCUT2D eigenvalue weighted by atomic mass is 10.1. The molecule has 0 rings (SSSR count). The van der Waals surface area contributed by atoms with Crippen LogP contribution in [0, 0.1) is 0 Å². The third kappa shape index (κ3) is 40.6. The maximum atomic E-state index is 12.6. The van der Waals surface area contributed by atoms with E-state index in [0.29, 0.717) is 25.7 Å². The second-order valence-corrected chi connectivity index (χ2v) is 14.7. The Morgan fingerprint density at radius 1 is 0.603 bits per heavy atom. The lowest BCUT2D eigenvalue weighted by Crippen LogP contribution is -2.29. The first-order valence-electron chi connectivity index (χ1n) is 21.1. The number of aliphatic hydroxyl groups excluding tert-OH is 1. The van der Waals surface area contributed by atoms with E-state index in [-0.39, 0.29) is 38.7 Å². The molecule has 0 radical (unpaired) electrons. The molecule has 4 N–H and O–H groups in total. The molecular formula is C47H74NO9P. The van der Waals surface area contributed by atoms with Crippen LogP contribution >= 0.6 is 7.82 Å². The number of rotatable bonds is 37. The predicted octanol–water partition coefficient (Wildman–Crippen LogP) is 11.1. The Hall–Kier alpha value is -3.63. The van der Waals surface area contributed by atoms with Crippen LogP contribution in [0.25, 0.3) is 0 Å². The van der Waals surface area contributed by atoms with Crippen molar-refractivity contribution in [3.63, 3.8) is 0 Å². The number of unbranched alkanes of at least 4 members (excludes halogenated alkanes) is 4. The lowest BCUT2D eigenvalue weighted by molar-refractivity contribution is -0.161. The molecular weight excluding hydrogens is 753 g/mol. The molecule has 11 heteroatoms. The van der Waals surface area contributed by atoms with Gasteiger partial charge >= 0.3 is 19.8 Å². The number of phosphoric acid groups is 1. The third-order valence-electron chi connectivity index (χ3n) is 8.00. The molecule has 0 aliphatic rings. The number of phosphoric ester groups is 1. The number of carbonyl (C=O) groups is 2. The number of ether oxygens (including phenoxy) is 2. The quantitative estimate of drug-likeness (QED) is 0.0181. The zero-order chi connectivity index (χ0) is 42.6. The van der Waals surface area contributed by atoms with Crippen molar-refractivity contribution in [1.29, 1.82) is 0 Å². The van der Waals surface area contributed by atoms with Gasteiger partial charge in [-0.1, -0.05) is 142 Å². The van der Waals surface area contributed by atoms with Crippen molar-refractivity contribution in [2.24, 2.45) is 5.73 Å². The van der Waals surface area contributed by atoms with Crippen LogP contribution in [0.5, 0.6) is 0 Å². The van der Waals surface area contributed by atoms with Gasteiger partial charge in [0.15, 0.2) is 6.10 Å². The highest BCUT2D eigenvalue weighted by Gasteiger charge is 2.25. The van der Waals surface area contributed by atoms with E-state index in [0.717, 1.165) is 70.6 Å². The summed E-state index contributed by atoms with van der Waals surface area (Å²) >= 11 is 0. The summed E-state index contributed by atoms with van der Waals surface area (Å²) in [4.78, 5) is 34.8. The standard InChI is InChI=1S/C47H74NO9P/c1-3-5-6-7-8-9-10-11-12-13-14-15-16-21-24-27-30-33-36-39-47(51)57-45(43-56-58(52,53)55-41-40-48)42-54-46(50)38-35-32-29-26-23-20-18-17-19-22-25-28-31-34-37-44(49)4-2/h5-6,8-9,11-12,14-15,18-22,24,26,28-29,31,34,37,44-45,49H,3-4,7,10,13,16-17,23,25,27,30,32-33,35-36,38-43,48H2,1-2H3,(H,52,53)/b6-5-,9-8-,12-11-,15-14-,20-18-,22-19-,24-21-,29-26-,31-28-,37-34+/t44-,45+/m0/s1. The van der Waals surface area contributed by atoms with Gasteiger partial charge in [0.1, 0.15) is 6.61 Å². The first-order chi connectivity index (χ1) is 28.2. The summed E-state index contributed by atoms with van der Waals surface area (Å²) in [7, 11) is -4.42. The molecule has 10 nitrogen and oxygen atoms in total. The molecule has 0 aromatic heterocycles. The molecule has 0 bridgehead atoms. The smallest absolute Gasteiger partial charge is 0.462 e. The zero-order valence-electron chi connectivity index (χ0n) is 35.3. The van der Waals surface area contributed by atoms with Gasteiger partial charge < -0.3 is 25.2 Å². The van der Waals surface area contributed by atoms with Crippen LogP contribution in [0.3, 0.4) is 0 Å². The van der Waals surface area contributed by atoms with Crippen molar-refractivity contribution in [2.75, 3.05) is 26.4 Å². The summed E-state index contributed by atoms with van der Waals surface area (Å²) in [6.07, 6.45) is 53.3. The van der Waals surface area contributed by atoms with E-state index in [4.69, 9.17) is 24.3 Å². The molecule has 58 heavy (non-hydrogen) atoms. The van der Waals surface area contributed by atoms with Crippen molar-refractivity contribution in [3.8, 4) is 0 Å². The number of hydrogen-bond donors (Lipinski definition) is 3. The van der Waals surface area contributed by atoms with Crippen LogP contribution in [-0.4, -0.2) is 60.5 Å². The fourth-order valence-electron chi connectivity index (χ4n) is 4.76. The van der Waals surface area contributed by atoms with Gasteiger partial charge in [0.05, 0.1) is 19.3 Å². The second kappa shape index (κ2) is 41.5. The molecule has 0 aromatic rings. The monoisotopic (exact) mass is 828 g/mol. The molecule has 3 atom stereocenters. The largest absolute Gasteiger partial charge is 0.472 e. The van der Waals surface area contributed by atoms with Crippen LogP contribution in [0.4, 0.5) is 0 Å². The molecule has 0 aliphatic carbocycles. The summed E-state index contributed by atoms with van der Waals surface area (Å²) < 4.78 is 32.6. The van der Waals surface area contributed by atoms with Gasteiger partial charge in [-0.3, -0.25) is 18.6 Å². The summed E-state index contributed by atoms with van der Waals surface area (Å²) in [5.41, 5.74) is 5.34. The van der Waals surface area contributed by atoms with Crippen LogP contribution in [0.15, 0.2) is 122 Å². The summed E-state index contributed by atoms with van der Waals surface area (Å²) in [6.45, 7) is 3.13. The fraction of sp³-hybridized carbons (Fsp3) is 0.532. The zero-order valence-corrected chi connectivity index (χ0v) is 36.2. The molecule has 0 aromatic carbocycles. The number of esters is 2. The molecule has 0 aliphatic heterocycles. The van der Waals surface area contributed by atoms with E-state index in [2.05, 4.69) is 92.0 Å². The Kier molecular flexibility index (Phi) is 38.9. The second-order valence-electron chi connectivity index (χ2n) is 13.3. The van der Waals surface area contributed by atoms with Crippen molar-refractivity contribution >= 4 is 19.8 Å². The lowest BCUT2D eigenvalue weighted by Gasteiger charge is -2.19. The number of nitrogens with two attached hydrogens (primary N) is 1. The van der Waals surface area contributed by atoms with Gasteiger partial charge in [-0.05, 0) is 89.9 Å². The van der Waals surface area contributed by atoms with Crippen LogP contribution < -0.4 is 5.73 Å². The summed E-state index contributed by atoms with van der Waals surface area (Å²) in [6, 6.07) is 0. The minimum atomic E-state index is -4.42. The average Bonchev–Trinajstić information content (AvgIpc) is 3.21. The van der Waals surface area contributed by atoms with Crippen molar-refractivity contribution in [1.82, 2.24) is 0 Å². The van der Waals surface area contributed by atoms with E-state index in [1.165, 1.54) is 0 Å². The Morgan fingerprint density at radius 3 is 1.64 bits per heavy atom. The topological polar surface area (TPSA) is 155 Å². The summed E-state index contributed by atoms with van der Waals surface area (Å²) in [5, 5.41) is 9.47. The molecule has 0 amide bonds. The molecule has 0 heterocycles. The van der Waals surface area contributed by atoms with Gasteiger partial charge in [0.2, 0.25) is 0 Å². The minimum Gasteiger partial charge on any atom is -0.462 e. The van der Waals surface area contributed by atoms with Gasteiger partial charge in [-0.25, -0.2) is 4.57 Å². The fourth-order valence-corrected chi connectivity index (χ4v) is 5.53. The van der Waals surface area contributed by atoms with Gasteiger partial charge in [-0.15, -0.1) is 0 Å². The number of aliphatic hydroxyl groups is 1. The number of hydrogen-bond acceptors (Lipinski definition) is 9. The first-order valence-corrected chi connectivity index (χ1v) is 22.6. The van der Waals surface area contributed by atoms with Gasteiger partial charge in [0, 0.05) is 19.4 Å². The molecule has 0 saturated carbocycles. The Labute approximate surface area is 350 Å². The van der Waals surface area contributed by atoms with E-state index < -0.39 is 32.5 Å². The highest BCUT2D eigenvalue weighted by molar-refractivity contribution is 7.47. The number of allylic oxidation sites excluding steroid dienone is 19. The molecule has 0 spiro atoms. The Bertz CT molecular complexity index is 1370. The maximum Gasteiger partial charge on any atom is 0.472 e. The van der Waals surface area contributed by atoms with Crippen LogP contribution in [0.1, 0.15) is 123 Å². The number of carbonyl (C=O) groups excluding carboxylic acids is 2. The SMILES string of the molecule is CC/C=C\C/C=C\C/C=C\C/C=C\C/C=C\CCCCCC(=O)O[C@H](COC(=O)CCC/C=C\C/C=C\C/C=C\C/C=C\C=C\[C@@H](O)CC)COP(=O)(O)OCCN. The molecule has 1 unspecified atom stereocenters. The van der Waals surface area contributed by atoms with Crippen molar-refractivity contribution in [2.45, 2.75) is 135 Å². The van der Waals surface area contributed by atoms with Gasteiger partial charge in [-0.2, -0.15) is 0 Å². The Balaban J connectivity index is 4.38. The van der Waals surface area contributed by atoms with Crippen molar-refractivity contribution in [3.05, 3.63) is 122 Å². The van der Waals surface area contributed by atoms with Gasteiger partial charge in [0.25, 0.3) is 0 Å². The van der Waals surface area contributed by atoms with E-state index >= 15 is 0 Å². The first kappa shape index (κ1) is 54.4. The predicted molar refractivity (Wildman–Crippen MR) is 239 cm³/mol. The molecule has 0 saturated heterocycles. The molecule has 326 valence electrons. The van der Waals surface area contributed by atoms with Crippen LogP contribution in [-0.2, 0) is 32.7 Å².